The lowest BCUT2D eigenvalue weighted by Gasteiger charge is -2.18. The molecule has 390 valence electrons. The molecule has 0 N–H and O–H groups in total. The summed E-state index contributed by atoms with van der Waals surface area (Å²) >= 11 is 0. The van der Waals surface area contributed by atoms with E-state index in [9.17, 15) is 14.4 Å². The molecule has 0 aromatic carbocycles. The second kappa shape index (κ2) is 56.2. The third kappa shape index (κ3) is 53.5. The minimum absolute atomic E-state index is 0.101. The lowest BCUT2D eigenvalue weighted by atomic mass is 10.0. The van der Waals surface area contributed by atoms with Gasteiger partial charge in [-0.2, -0.15) is 0 Å². The van der Waals surface area contributed by atoms with Gasteiger partial charge in [0.15, 0.2) is 6.10 Å². The van der Waals surface area contributed by atoms with Crippen molar-refractivity contribution >= 4 is 17.9 Å². The maximum atomic E-state index is 12.8. The number of rotatable bonds is 51. The van der Waals surface area contributed by atoms with Crippen LogP contribution in [0.3, 0.4) is 0 Å². The first-order valence-electron chi connectivity index (χ1n) is 28.6. The molecule has 0 spiro atoms. The number of hydrogen-bond donors (Lipinski definition) is 0. The molecule has 0 aliphatic carbocycles. The molecule has 1 unspecified atom stereocenters. The van der Waals surface area contributed by atoms with Crippen molar-refractivity contribution in [2.24, 2.45) is 0 Å². The maximum Gasteiger partial charge on any atom is 0.306 e. The Balaban J connectivity index is 4.38. The van der Waals surface area contributed by atoms with Crippen LogP contribution in [0.5, 0.6) is 0 Å². The topological polar surface area (TPSA) is 78.9 Å². The second-order valence-corrected chi connectivity index (χ2v) is 18.8. The summed E-state index contributed by atoms with van der Waals surface area (Å²) in [5, 5.41) is 0. The summed E-state index contributed by atoms with van der Waals surface area (Å²) in [7, 11) is 0. The van der Waals surface area contributed by atoms with Crippen LogP contribution in [0, 0.1) is 0 Å². The first kappa shape index (κ1) is 64.6. The van der Waals surface area contributed by atoms with Crippen molar-refractivity contribution in [1.82, 2.24) is 0 Å². The number of hydrogen-bond acceptors (Lipinski definition) is 6. The molecule has 0 bridgehead atoms. The van der Waals surface area contributed by atoms with E-state index in [1.807, 2.05) is 6.08 Å². The second-order valence-electron chi connectivity index (χ2n) is 18.8. The van der Waals surface area contributed by atoms with Crippen molar-refractivity contribution in [2.45, 2.75) is 277 Å². The standard InChI is InChI=1S/C62H106O6/c1-4-7-10-13-16-19-22-25-27-28-29-30-31-32-33-34-35-38-40-43-46-49-52-55-61(64)67-58-59(57-66-60(63)54-51-48-45-42-39-36-24-21-18-15-12-9-6-3)68-62(65)56-53-50-47-44-41-37-26-23-20-17-14-11-8-5-2/h9,12,18,21-22,25,28-29,31-32,36,39,45,48,59H,4-8,10-11,13-17,19-20,23-24,26-27,30,33-35,37-38,40-44,46-47,49-58H2,1-3H3/b12-9-,21-18-,25-22-,29-28-,32-31-,39-36-,48-45-. The zero-order chi connectivity index (χ0) is 49.3. The van der Waals surface area contributed by atoms with E-state index in [-0.39, 0.29) is 37.5 Å². The fourth-order valence-electron chi connectivity index (χ4n) is 7.88. The van der Waals surface area contributed by atoms with Crippen LogP contribution < -0.4 is 0 Å². The van der Waals surface area contributed by atoms with E-state index in [0.717, 1.165) is 83.5 Å². The first-order chi connectivity index (χ1) is 33.5. The van der Waals surface area contributed by atoms with Crippen LogP contribution in [0.4, 0.5) is 0 Å². The monoisotopic (exact) mass is 947 g/mol. The highest BCUT2D eigenvalue weighted by atomic mass is 16.6. The highest BCUT2D eigenvalue weighted by Crippen LogP contribution is 2.15. The average Bonchev–Trinajstić information content (AvgIpc) is 3.34. The van der Waals surface area contributed by atoms with Crippen molar-refractivity contribution in [3.63, 3.8) is 0 Å². The molecule has 0 fully saturated rings. The molecule has 0 saturated heterocycles. The Kier molecular flexibility index (Phi) is 53.4. The van der Waals surface area contributed by atoms with E-state index >= 15 is 0 Å². The number of carbonyl (C=O) groups excluding carboxylic acids is 3. The third-order valence-corrected chi connectivity index (χ3v) is 12.1. The van der Waals surface area contributed by atoms with Gasteiger partial charge in [-0.1, -0.05) is 254 Å². The Morgan fingerprint density at radius 1 is 0.309 bits per heavy atom. The molecule has 0 aliphatic heterocycles. The predicted octanol–water partition coefficient (Wildman–Crippen LogP) is 19.2. The lowest BCUT2D eigenvalue weighted by Crippen LogP contribution is -2.30. The van der Waals surface area contributed by atoms with E-state index in [1.165, 1.54) is 141 Å². The van der Waals surface area contributed by atoms with Gasteiger partial charge in [0.05, 0.1) is 0 Å². The molecule has 0 rings (SSSR count). The van der Waals surface area contributed by atoms with E-state index in [2.05, 4.69) is 99.8 Å². The Labute approximate surface area is 420 Å². The lowest BCUT2D eigenvalue weighted by molar-refractivity contribution is -0.166. The molecule has 0 radical (unpaired) electrons. The quantitative estimate of drug-likeness (QED) is 0.0262. The van der Waals surface area contributed by atoms with Crippen LogP contribution in [-0.4, -0.2) is 37.2 Å². The Bertz CT molecular complexity index is 1320. The molecule has 1 atom stereocenters. The first-order valence-corrected chi connectivity index (χ1v) is 28.6. The summed E-state index contributed by atoms with van der Waals surface area (Å²) < 4.78 is 16.8. The minimum Gasteiger partial charge on any atom is -0.462 e. The predicted molar refractivity (Wildman–Crippen MR) is 293 cm³/mol. The molecule has 6 heteroatoms. The molecular formula is C62H106O6. The normalized spacial score (nSPS) is 12.7. The number of esters is 3. The number of carbonyl (C=O) groups is 3. The average molecular weight is 948 g/mol. The highest BCUT2D eigenvalue weighted by Gasteiger charge is 2.19. The molecule has 0 aromatic heterocycles. The molecule has 0 amide bonds. The SMILES string of the molecule is CC/C=C\C/C=C\C/C=C\C/C=C\CCC(=O)OCC(COC(=O)CCCCCCCCCC/C=C\C/C=C\C/C=C\CCCCCCC)OC(=O)CCCCCCCCCCCCCCCC. The van der Waals surface area contributed by atoms with Crippen molar-refractivity contribution in [3.05, 3.63) is 85.1 Å². The van der Waals surface area contributed by atoms with Gasteiger partial charge in [-0.15, -0.1) is 0 Å². The highest BCUT2D eigenvalue weighted by molar-refractivity contribution is 5.71. The zero-order valence-electron chi connectivity index (χ0n) is 44.6. The summed E-state index contributed by atoms with van der Waals surface area (Å²) in [4.78, 5) is 38.1. The van der Waals surface area contributed by atoms with Crippen LogP contribution in [0.1, 0.15) is 271 Å². The van der Waals surface area contributed by atoms with Crippen LogP contribution in [0.2, 0.25) is 0 Å². The molecule has 0 heterocycles. The van der Waals surface area contributed by atoms with Gasteiger partial charge >= 0.3 is 17.9 Å². The van der Waals surface area contributed by atoms with Gasteiger partial charge in [0.1, 0.15) is 13.2 Å². The van der Waals surface area contributed by atoms with Gasteiger partial charge in [0.2, 0.25) is 0 Å². The van der Waals surface area contributed by atoms with Crippen molar-refractivity contribution in [3.8, 4) is 0 Å². The zero-order valence-corrected chi connectivity index (χ0v) is 44.6. The van der Waals surface area contributed by atoms with E-state index in [0.29, 0.717) is 19.3 Å². The smallest absolute Gasteiger partial charge is 0.306 e. The molecule has 0 aliphatic rings. The van der Waals surface area contributed by atoms with E-state index in [1.54, 1.807) is 0 Å². The maximum absolute atomic E-state index is 12.8. The van der Waals surface area contributed by atoms with Gasteiger partial charge in [0.25, 0.3) is 0 Å². The van der Waals surface area contributed by atoms with E-state index < -0.39 is 6.10 Å². The third-order valence-electron chi connectivity index (χ3n) is 12.1. The molecule has 6 nitrogen and oxygen atoms in total. The van der Waals surface area contributed by atoms with Crippen LogP contribution in [0.15, 0.2) is 85.1 Å². The summed E-state index contributed by atoms with van der Waals surface area (Å²) in [5.41, 5.74) is 0. The summed E-state index contributed by atoms with van der Waals surface area (Å²) in [6.45, 7) is 6.45. The Morgan fingerprint density at radius 3 is 0.985 bits per heavy atom. The number of unbranched alkanes of at least 4 members (excludes halogenated alkanes) is 26. The molecule has 68 heavy (non-hydrogen) atoms. The van der Waals surface area contributed by atoms with Crippen molar-refractivity contribution < 1.29 is 28.6 Å². The van der Waals surface area contributed by atoms with Crippen molar-refractivity contribution in [2.75, 3.05) is 13.2 Å². The van der Waals surface area contributed by atoms with Gasteiger partial charge < -0.3 is 14.2 Å². The number of allylic oxidation sites excluding steroid dienone is 14. The fraction of sp³-hybridized carbons (Fsp3) is 0.726. The minimum atomic E-state index is -0.807. The van der Waals surface area contributed by atoms with Gasteiger partial charge in [-0.25, -0.2) is 0 Å². The van der Waals surface area contributed by atoms with Crippen molar-refractivity contribution in [1.29, 1.82) is 0 Å². The van der Waals surface area contributed by atoms with E-state index in [4.69, 9.17) is 14.2 Å². The molecular weight excluding hydrogens is 841 g/mol. The number of ether oxygens (including phenoxy) is 3. The van der Waals surface area contributed by atoms with Crippen LogP contribution >= 0.6 is 0 Å². The molecule has 0 aromatic rings. The summed E-state index contributed by atoms with van der Waals surface area (Å²) in [6.07, 6.45) is 73.0. The van der Waals surface area contributed by atoms with Gasteiger partial charge in [-0.3, -0.25) is 14.4 Å². The van der Waals surface area contributed by atoms with Crippen LogP contribution in [0.25, 0.3) is 0 Å². The summed E-state index contributed by atoms with van der Waals surface area (Å²) in [6, 6.07) is 0. The van der Waals surface area contributed by atoms with Crippen LogP contribution in [-0.2, 0) is 28.6 Å². The molecule has 0 saturated carbocycles. The van der Waals surface area contributed by atoms with Gasteiger partial charge in [0, 0.05) is 19.3 Å². The summed E-state index contributed by atoms with van der Waals surface area (Å²) in [5.74, 6) is -0.986. The Hall–Kier alpha value is -3.41. The largest absolute Gasteiger partial charge is 0.462 e. The fourth-order valence-corrected chi connectivity index (χ4v) is 7.88. The van der Waals surface area contributed by atoms with Gasteiger partial charge in [-0.05, 0) is 83.5 Å². The Morgan fingerprint density at radius 2 is 0.603 bits per heavy atom.